The number of hydrogen-bond donors (Lipinski definition) is 2. The minimum atomic E-state index is -0.235. The molecule has 0 aliphatic carbocycles. The quantitative estimate of drug-likeness (QED) is 0.825. The Morgan fingerprint density at radius 1 is 1.57 bits per heavy atom. The van der Waals surface area contributed by atoms with Crippen LogP contribution in [0.2, 0.25) is 0 Å². The molecule has 114 valence electrons. The third-order valence-electron chi connectivity index (χ3n) is 3.42. The number of amides is 1. The van der Waals surface area contributed by atoms with Crippen LogP contribution >= 0.6 is 12.2 Å². The summed E-state index contributed by atoms with van der Waals surface area (Å²) < 4.78 is 5.01. The van der Waals surface area contributed by atoms with E-state index in [1.165, 1.54) is 0 Å². The highest BCUT2D eigenvalue weighted by Crippen LogP contribution is 2.19. The van der Waals surface area contributed by atoms with E-state index < -0.39 is 0 Å². The second-order valence-electron chi connectivity index (χ2n) is 4.87. The van der Waals surface area contributed by atoms with Crippen molar-refractivity contribution in [2.75, 3.05) is 25.0 Å². The summed E-state index contributed by atoms with van der Waals surface area (Å²) in [4.78, 5) is 17.9. The number of thiocarbonyl (C=S) groups is 1. The number of hydrogen-bond acceptors (Lipinski definition) is 5. The zero-order valence-electron chi connectivity index (χ0n) is 12.0. The molecule has 2 rings (SSSR count). The summed E-state index contributed by atoms with van der Waals surface area (Å²) in [6, 6.07) is 4.03. The van der Waals surface area contributed by atoms with Gasteiger partial charge in [0.2, 0.25) is 0 Å². The van der Waals surface area contributed by atoms with Crippen LogP contribution in [-0.4, -0.2) is 46.7 Å². The Morgan fingerprint density at radius 3 is 2.90 bits per heavy atom. The Bertz CT molecular complexity index is 515. The number of pyridine rings is 1. The largest absolute Gasteiger partial charge is 0.450 e. The molecule has 0 spiro atoms. The third kappa shape index (κ3) is 4.04. The number of ether oxygens (including phenoxy) is 1. The molecule has 1 amide bonds. The zero-order valence-corrected chi connectivity index (χ0v) is 12.9. The van der Waals surface area contributed by atoms with Gasteiger partial charge in [0.05, 0.1) is 12.3 Å². The highest BCUT2D eigenvalue weighted by Gasteiger charge is 2.24. The van der Waals surface area contributed by atoms with Crippen LogP contribution in [0.4, 0.5) is 10.5 Å². The first-order valence-electron chi connectivity index (χ1n) is 7.05. The third-order valence-corrected chi connectivity index (χ3v) is 3.62. The first kappa shape index (κ1) is 15.5. The van der Waals surface area contributed by atoms with Crippen LogP contribution in [-0.2, 0) is 4.74 Å². The van der Waals surface area contributed by atoms with Crippen LogP contribution in [0.25, 0.3) is 0 Å². The summed E-state index contributed by atoms with van der Waals surface area (Å²) in [6.07, 6.45) is 3.14. The van der Waals surface area contributed by atoms with E-state index in [-0.39, 0.29) is 17.1 Å². The maximum atomic E-state index is 11.6. The van der Waals surface area contributed by atoms with Crippen LogP contribution in [0, 0.1) is 0 Å². The van der Waals surface area contributed by atoms with E-state index in [1.807, 2.05) is 19.1 Å². The van der Waals surface area contributed by atoms with Gasteiger partial charge in [-0.05, 0) is 31.9 Å². The molecule has 1 saturated heterocycles. The number of aromatic nitrogens is 1. The number of nitrogens with two attached hydrogens (primary N) is 1. The molecule has 0 saturated carbocycles. The Hall–Kier alpha value is -1.89. The maximum absolute atomic E-state index is 11.6. The first-order valence-corrected chi connectivity index (χ1v) is 7.45. The van der Waals surface area contributed by atoms with E-state index in [4.69, 9.17) is 22.7 Å². The van der Waals surface area contributed by atoms with Crippen LogP contribution in [0.5, 0.6) is 0 Å². The van der Waals surface area contributed by atoms with Crippen LogP contribution < -0.4 is 11.1 Å². The average molecular weight is 308 g/mol. The molecular weight excluding hydrogens is 288 g/mol. The Kier molecular flexibility index (Phi) is 5.32. The number of rotatable bonds is 4. The lowest BCUT2D eigenvalue weighted by atomic mass is 10.0. The van der Waals surface area contributed by atoms with E-state index in [9.17, 15) is 4.79 Å². The van der Waals surface area contributed by atoms with Crippen molar-refractivity contribution in [2.45, 2.75) is 25.8 Å². The number of likely N-dealkylation sites (tertiary alicyclic amines) is 1. The van der Waals surface area contributed by atoms with E-state index in [2.05, 4.69) is 10.3 Å². The lowest BCUT2D eigenvalue weighted by molar-refractivity contribution is 0.0983. The Labute approximate surface area is 129 Å². The first-order chi connectivity index (χ1) is 10.1. The van der Waals surface area contributed by atoms with Crippen molar-refractivity contribution in [3.63, 3.8) is 0 Å². The molecule has 7 heteroatoms. The van der Waals surface area contributed by atoms with Crippen molar-refractivity contribution in [1.82, 2.24) is 9.88 Å². The average Bonchev–Trinajstić information content (AvgIpc) is 2.48. The molecule has 0 aromatic carbocycles. The fraction of sp³-hybridized carbons (Fsp3) is 0.500. The van der Waals surface area contributed by atoms with Gasteiger partial charge in [-0.1, -0.05) is 12.2 Å². The van der Waals surface area contributed by atoms with Crippen molar-refractivity contribution in [1.29, 1.82) is 0 Å². The Morgan fingerprint density at radius 2 is 2.29 bits per heavy atom. The van der Waals surface area contributed by atoms with E-state index in [0.717, 1.165) is 18.5 Å². The van der Waals surface area contributed by atoms with Gasteiger partial charge in [-0.25, -0.2) is 4.79 Å². The summed E-state index contributed by atoms with van der Waals surface area (Å²) >= 11 is 5.01. The zero-order chi connectivity index (χ0) is 15.2. The SMILES string of the molecule is CCOC(=O)N1CCC(Nc2cccnc2C(N)=S)CC1. The Balaban J connectivity index is 1.92. The molecular formula is C14H20N4O2S. The summed E-state index contributed by atoms with van der Waals surface area (Å²) in [5.41, 5.74) is 7.13. The summed E-state index contributed by atoms with van der Waals surface area (Å²) in [6.45, 7) is 3.58. The van der Waals surface area contributed by atoms with Crippen molar-refractivity contribution < 1.29 is 9.53 Å². The monoisotopic (exact) mass is 308 g/mol. The molecule has 21 heavy (non-hydrogen) atoms. The van der Waals surface area contributed by atoms with E-state index >= 15 is 0 Å². The molecule has 1 aromatic heterocycles. The highest BCUT2D eigenvalue weighted by atomic mass is 32.1. The minimum Gasteiger partial charge on any atom is -0.450 e. The molecule has 0 unspecified atom stereocenters. The number of nitrogens with one attached hydrogen (secondary N) is 1. The van der Waals surface area contributed by atoms with Crippen LogP contribution in [0.15, 0.2) is 18.3 Å². The predicted molar refractivity (Wildman–Crippen MR) is 85.4 cm³/mol. The molecule has 1 aliphatic rings. The van der Waals surface area contributed by atoms with Crippen LogP contribution in [0.1, 0.15) is 25.5 Å². The smallest absolute Gasteiger partial charge is 0.409 e. The van der Waals surface area contributed by atoms with Crippen molar-refractivity contribution >= 4 is 29.0 Å². The van der Waals surface area contributed by atoms with Gasteiger partial charge in [0.15, 0.2) is 0 Å². The summed E-state index contributed by atoms with van der Waals surface area (Å²) in [5.74, 6) is 0. The normalized spacial score (nSPS) is 15.6. The minimum absolute atomic E-state index is 0.235. The van der Waals surface area contributed by atoms with Crippen molar-refractivity contribution in [3.05, 3.63) is 24.0 Å². The number of carbonyl (C=O) groups excluding carboxylic acids is 1. The van der Waals surface area contributed by atoms with Gasteiger partial charge < -0.3 is 20.7 Å². The molecule has 0 radical (unpaired) electrons. The molecule has 2 heterocycles. The van der Waals surface area contributed by atoms with Gasteiger partial charge in [0.1, 0.15) is 10.7 Å². The molecule has 6 nitrogen and oxygen atoms in total. The second-order valence-corrected chi connectivity index (χ2v) is 5.31. The van der Waals surface area contributed by atoms with E-state index in [0.29, 0.717) is 25.4 Å². The lowest BCUT2D eigenvalue weighted by Crippen LogP contribution is -2.42. The van der Waals surface area contributed by atoms with E-state index in [1.54, 1.807) is 11.1 Å². The molecule has 1 fully saturated rings. The predicted octanol–water partition coefficient (Wildman–Crippen LogP) is 1.75. The second kappa shape index (κ2) is 7.21. The fourth-order valence-electron chi connectivity index (χ4n) is 2.36. The number of anilines is 1. The van der Waals surface area contributed by atoms with Gasteiger partial charge in [-0.2, -0.15) is 0 Å². The van der Waals surface area contributed by atoms with Crippen molar-refractivity contribution in [2.24, 2.45) is 5.73 Å². The van der Waals surface area contributed by atoms with Gasteiger partial charge in [0.25, 0.3) is 0 Å². The molecule has 3 N–H and O–H groups in total. The summed E-state index contributed by atoms with van der Waals surface area (Å²) in [5, 5.41) is 3.41. The summed E-state index contributed by atoms with van der Waals surface area (Å²) in [7, 11) is 0. The maximum Gasteiger partial charge on any atom is 0.409 e. The molecule has 1 aliphatic heterocycles. The molecule has 0 bridgehead atoms. The lowest BCUT2D eigenvalue weighted by Gasteiger charge is -2.32. The number of carbonyl (C=O) groups is 1. The molecule has 0 atom stereocenters. The number of piperidine rings is 1. The van der Waals surface area contributed by atoms with Gasteiger partial charge in [-0.15, -0.1) is 0 Å². The van der Waals surface area contributed by atoms with Crippen molar-refractivity contribution in [3.8, 4) is 0 Å². The van der Waals surface area contributed by atoms with Gasteiger partial charge in [-0.3, -0.25) is 4.98 Å². The topological polar surface area (TPSA) is 80.5 Å². The highest BCUT2D eigenvalue weighted by molar-refractivity contribution is 7.80. The number of nitrogens with zero attached hydrogens (tertiary/aromatic N) is 2. The standard InChI is InChI=1S/C14H20N4O2S/c1-2-20-14(19)18-8-5-10(6-9-18)17-11-4-3-7-16-12(11)13(15)21/h3-4,7,10,17H,2,5-6,8-9H2,1H3,(H2,15,21). The molecule has 1 aromatic rings. The van der Waals surface area contributed by atoms with Gasteiger partial charge in [0, 0.05) is 25.3 Å². The van der Waals surface area contributed by atoms with Crippen LogP contribution in [0.3, 0.4) is 0 Å². The van der Waals surface area contributed by atoms with Gasteiger partial charge >= 0.3 is 6.09 Å². The fourth-order valence-corrected chi connectivity index (χ4v) is 2.52.